The maximum absolute atomic E-state index is 11.0. The molecule has 2 N–H and O–H groups in total. The molecule has 3 rings (SSSR count). The summed E-state index contributed by atoms with van der Waals surface area (Å²) < 4.78 is 0. The van der Waals surface area contributed by atoms with E-state index in [0.29, 0.717) is 5.75 Å². The van der Waals surface area contributed by atoms with E-state index in [1.54, 1.807) is 11.8 Å². The van der Waals surface area contributed by atoms with Crippen molar-refractivity contribution in [3.63, 3.8) is 0 Å². The van der Waals surface area contributed by atoms with E-state index in [9.17, 15) is 5.11 Å². The van der Waals surface area contributed by atoms with Gasteiger partial charge in [-0.15, -0.1) is 0 Å². The van der Waals surface area contributed by atoms with Crippen LogP contribution in [-0.4, -0.2) is 5.11 Å². The van der Waals surface area contributed by atoms with Crippen LogP contribution < -0.4 is 5.32 Å². The predicted octanol–water partition coefficient (Wildman–Crippen LogP) is 7.07. The first-order valence-corrected chi connectivity index (χ1v) is 11.0. The highest BCUT2D eigenvalue weighted by atomic mass is 32.2. The topological polar surface area (TPSA) is 32.3 Å². The van der Waals surface area contributed by atoms with E-state index >= 15 is 0 Å². The van der Waals surface area contributed by atoms with E-state index in [2.05, 4.69) is 55.6 Å². The zero-order valence-electron chi connectivity index (χ0n) is 16.1. The molecule has 2 aromatic carbocycles. The van der Waals surface area contributed by atoms with Crippen molar-refractivity contribution in [2.45, 2.75) is 75.5 Å². The third-order valence-corrected chi connectivity index (χ3v) is 6.32. The quantitative estimate of drug-likeness (QED) is 0.463. The number of phenols is 1. The van der Waals surface area contributed by atoms with Crippen LogP contribution in [-0.2, 0) is 12.8 Å². The largest absolute Gasteiger partial charge is 0.507 e. The summed E-state index contributed by atoms with van der Waals surface area (Å²) >= 11 is 1.81. The van der Waals surface area contributed by atoms with Gasteiger partial charge >= 0.3 is 0 Å². The summed E-state index contributed by atoms with van der Waals surface area (Å²) in [5, 5.41) is 14.7. The van der Waals surface area contributed by atoms with Gasteiger partial charge in [0.25, 0.3) is 0 Å². The lowest BCUT2D eigenvalue weighted by Gasteiger charge is -2.18. The standard InChI is InChI=1S/C23H31NOS/c1-3-5-7-11-17-15-18(12-8-6-4-2)22(25)19(16-17)23-24-20-13-9-10-14-21(20)26-23/h9-10,13-16,23-25H,3-8,11-12H2,1-2H3. The number of fused-ring (bicyclic) bond motifs is 1. The van der Waals surface area contributed by atoms with Gasteiger partial charge in [0.05, 0.1) is 0 Å². The van der Waals surface area contributed by atoms with E-state index < -0.39 is 0 Å². The fourth-order valence-electron chi connectivity index (χ4n) is 3.59. The number of hydrogen-bond donors (Lipinski definition) is 2. The smallest absolute Gasteiger partial charge is 0.124 e. The van der Waals surface area contributed by atoms with Gasteiger partial charge in [-0.3, -0.25) is 0 Å². The zero-order valence-corrected chi connectivity index (χ0v) is 16.9. The van der Waals surface area contributed by atoms with Crippen LogP contribution in [0, 0.1) is 0 Å². The normalized spacial score (nSPS) is 15.7. The Kier molecular flexibility index (Phi) is 6.90. The van der Waals surface area contributed by atoms with Crippen LogP contribution in [0.5, 0.6) is 5.75 Å². The third kappa shape index (κ3) is 4.56. The van der Waals surface area contributed by atoms with Gasteiger partial charge in [-0.25, -0.2) is 0 Å². The summed E-state index contributed by atoms with van der Waals surface area (Å²) in [6, 6.07) is 12.9. The van der Waals surface area contributed by atoms with Crippen molar-refractivity contribution < 1.29 is 5.11 Å². The number of unbranched alkanes of at least 4 members (excludes halogenated alkanes) is 4. The van der Waals surface area contributed by atoms with Crippen molar-refractivity contribution >= 4 is 17.4 Å². The SMILES string of the molecule is CCCCCc1cc(CCCCC)c(O)c(C2Nc3ccccc3S2)c1. The van der Waals surface area contributed by atoms with Gasteiger partial charge in [-0.2, -0.15) is 0 Å². The van der Waals surface area contributed by atoms with Crippen LogP contribution in [0.3, 0.4) is 0 Å². The number of rotatable bonds is 9. The highest BCUT2D eigenvalue weighted by Gasteiger charge is 2.26. The Morgan fingerprint density at radius 3 is 2.42 bits per heavy atom. The molecule has 1 unspecified atom stereocenters. The fourth-order valence-corrected chi connectivity index (χ4v) is 4.75. The second-order valence-electron chi connectivity index (χ2n) is 7.25. The lowest BCUT2D eigenvalue weighted by molar-refractivity contribution is 0.459. The van der Waals surface area contributed by atoms with E-state index in [4.69, 9.17) is 0 Å². The van der Waals surface area contributed by atoms with Gasteiger partial charge in [0.15, 0.2) is 0 Å². The van der Waals surface area contributed by atoms with Crippen molar-refractivity contribution in [3.05, 3.63) is 53.1 Å². The van der Waals surface area contributed by atoms with Gasteiger partial charge in [0, 0.05) is 16.1 Å². The Bertz CT molecular complexity index is 703. The monoisotopic (exact) mass is 369 g/mol. The molecule has 140 valence electrons. The summed E-state index contributed by atoms with van der Waals surface area (Å²) in [6.07, 6.45) is 9.38. The summed E-state index contributed by atoms with van der Waals surface area (Å²) in [5.41, 5.74) is 4.72. The van der Waals surface area contributed by atoms with Crippen molar-refractivity contribution in [2.24, 2.45) is 0 Å². The minimum atomic E-state index is 0.100. The molecule has 1 aliphatic heterocycles. The minimum absolute atomic E-state index is 0.100. The average Bonchev–Trinajstić information content (AvgIpc) is 3.08. The molecule has 0 aliphatic carbocycles. The van der Waals surface area contributed by atoms with Gasteiger partial charge in [-0.1, -0.05) is 69.5 Å². The predicted molar refractivity (Wildman–Crippen MR) is 113 cm³/mol. The summed E-state index contributed by atoms with van der Waals surface area (Å²) in [7, 11) is 0. The first-order valence-electron chi connectivity index (χ1n) is 10.1. The van der Waals surface area contributed by atoms with Crippen molar-refractivity contribution in [1.29, 1.82) is 0 Å². The lowest BCUT2D eigenvalue weighted by atomic mass is 9.96. The number of aromatic hydroxyl groups is 1. The molecular weight excluding hydrogens is 338 g/mol. The van der Waals surface area contributed by atoms with E-state index in [-0.39, 0.29) is 5.37 Å². The summed E-state index contributed by atoms with van der Waals surface area (Å²) in [4.78, 5) is 1.26. The molecule has 0 saturated heterocycles. The first kappa shape index (κ1) is 19.2. The van der Waals surface area contributed by atoms with Crippen LogP contribution >= 0.6 is 11.8 Å². The van der Waals surface area contributed by atoms with E-state index in [1.807, 2.05) is 0 Å². The molecule has 0 spiro atoms. The Hall–Kier alpha value is -1.61. The number of aryl methyl sites for hydroxylation is 2. The maximum Gasteiger partial charge on any atom is 0.124 e. The molecule has 3 heteroatoms. The van der Waals surface area contributed by atoms with Crippen LogP contribution in [0.25, 0.3) is 0 Å². The number of para-hydroxylation sites is 1. The Labute approximate surface area is 162 Å². The Balaban J connectivity index is 1.85. The molecule has 1 heterocycles. The number of hydrogen-bond acceptors (Lipinski definition) is 3. The number of benzene rings is 2. The van der Waals surface area contributed by atoms with Crippen molar-refractivity contribution in [2.75, 3.05) is 5.32 Å². The number of phenolic OH excluding ortho intramolecular Hbond substituents is 1. The van der Waals surface area contributed by atoms with Crippen LogP contribution in [0.4, 0.5) is 5.69 Å². The van der Waals surface area contributed by atoms with Crippen molar-refractivity contribution in [3.8, 4) is 5.75 Å². The Morgan fingerprint density at radius 2 is 1.69 bits per heavy atom. The molecule has 0 radical (unpaired) electrons. The van der Waals surface area contributed by atoms with Gasteiger partial charge in [-0.05, 0) is 55.0 Å². The molecule has 0 amide bonds. The zero-order chi connectivity index (χ0) is 18.4. The third-order valence-electron chi connectivity index (χ3n) is 5.10. The minimum Gasteiger partial charge on any atom is -0.507 e. The highest BCUT2D eigenvalue weighted by Crippen LogP contribution is 2.49. The lowest BCUT2D eigenvalue weighted by Crippen LogP contribution is -2.05. The molecule has 1 aliphatic rings. The molecule has 2 nitrogen and oxygen atoms in total. The molecule has 26 heavy (non-hydrogen) atoms. The second-order valence-corrected chi connectivity index (χ2v) is 8.39. The van der Waals surface area contributed by atoms with E-state index in [1.165, 1.54) is 48.3 Å². The number of anilines is 1. The van der Waals surface area contributed by atoms with E-state index in [0.717, 1.165) is 30.4 Å². The first-order chi connectivity index (χ1) is 12.7. The Morgan fingerprint density at radius 1 is 0.962 bits per heavy atom. The molecule has 0 fully saturated rings. The highest BCUT2D eigenvalue weighted by molar-refractivity contribution is 8.00. The molecule has 2 aromatic rings. The van der Waals surface area contributed by atoms with Crippen molar-refractivity contribution in [1.82, 2.24) is 0 Å². The molecular formula is C23H31NOS. The fraction of sp³-hybridized carbons (Fsp3) is 0.478. The van der Waals surface area contributed by atoms with Gasteiger partial charge < -0.3 is 10.4 Å². The van der Waals surface area contributed by atoms with Crippen LogP contribution in [0.1, 0.15) is 74.4 Å². The van der Waals surface area contributed by atoms with Gasteiger partial charge in [0.2, 0.25) is 0 Å². The second kappa shape index (κ2) is 9.36. The molecule has 0 aromatic heterocycles. The maximum atomic E-state index is 11.0. The summed E-state index contributed by atoms with van der Waals surface area (Å²) in [5.74, 6) is 0.498. The number of nitrogens with one attached hydrogen (secondary N) is 1. The summed E-state index contributed by atoms with van der Waals surface area (Å²) in [6.45, 7) is 4.47. The molecule has 0 saturated carbocycles. The van der Waals surface area contributed by atoms with Crippen LogP contribution in [0.15, 0.2) is 41.3 Å². The molecule has 0 bridgehead atoms. The number of thioether (sulfide) groups is 1. The van der Waals surface area contributed by atoms with Crippen LogP contribution in [0.2, 0.25) is 0 Å². The average molecular weight is 370 g/mol. The van der Waals surface area contributed by atoms with Gasteiger partial charge in [0.1, 0.15) is 11.1 Å². The molecule has 1 atom stereocenters.